The van der Waals surface area contributed by atoms with Gasteiger partial charge in [-0.05, 0) is 65.7 Å². The Morgan fingerprint density at radius 3 is 1.64 bits per heavy atom. The van der Waals surface area contributed by atoms with E-state index in [1.165, 1.54) is 5.39 Å². The molecule has 7 heteroatoms. The molecule has 3 heterocycles. The van der Waals surface area contributed by atoms with Gasteiger partial charge in [-0.3, -0.25) is 0 Å². The van der Waals surface area contributed by atoms with Gasteiger partial charge in [0.15, 0.2) is 24.6 Å². The number of para-hydroxylation sites is 3. The van der Waals surface area contributed by atoms with E-state index in [1.807, 2.05) is 133 Å². The highest BCUT2D eigenvalue weighted by Gasteiger charge is 2.30. The summed E-state index contributed by atoms with van der Waals surface area (Å²) in [7, 11) is -3.28. The van der Waals surface area contributed by atoms with Gasteiger partial charge in [0.2, 0.25) is 0 Å². The molecule has 12 rings (SSSR count). The van der Waals surface area contributed by atoms with Gasteiger partial charge in [-0.25, -0.2) is 15.0 Å². The lowest BCUT2D eigenvalue weighted by Crippen LogP contribution is -2.25. The minimum Gasteiger partial charge on any atom is -0.456 e. The van der Waals surface area contributed by atoms with Crippen molar-refractivity contribution in [1.29, 1.82) is 0 Å². The smallest absolute Gasteiger partial charge is 0.171 e. The van der Waals surface area contributed by atoms with Crippen molar-refractivity contribution in [1.82, 2.24) is 19.5 Å². The molecule has 0 atom stereocenters. The highest BCUT2D eigenvalue weighted by molar-refractivity contribution is 7.85. The van der Waals surface area contributed by atoms with E-state index in [0.29, 0.717) is 22.8 Å². The summed E-state index contributed by atoms with van der Waals surface area (Å²) in [5.41, 5.74) is 9.34. The number of furan rings is 1. The Balaban J connectivity index is 1.07. The molecular formula is C57H37N4O2P. The quantitative estimate of drug-likeness (QED) is 0.143. The Kier molecular flexibility index (Phi) is 8.99. The zero-order valence-corrected chi connectivity index (χ0v) is 35.3. The van der Waals surface area contributed by atoms with Crippen molar-refractivity contribution in [2.45, 2.75) is 0 Å². The van der Waals surface area contributed by atoms with Gasteiger partial charge in [0.1, 0.15) is 11.2 Å². The molecule has 0 amide bonds. The third-order valence-corrected chi connectivity index (χ3v) is 15.2. The van der Waals surface area contributed by atoms with Gasteiger partial charge in [0.25, 0.3) is 0 Å². The molecule has 12 aromatic rings. The van der Waals surface area contributed by atoms with Gasteiger partial charge >= 0.3 is 0 Å². The lowest BCUT2D eigenvalue weighted by atomic mass is 9.95. The molecule has 0 bridgehead atoms. The third kappa shape index (κ3) is 6.26. The lowest BCUT2D eigenvalue weighted by molar-refractivity contribution is 0.592. The van der Waals surface area contributed by atoms with Gasteiger partial charge in [0, 0.05) is 59.8 Å². The molecule has 6 nitrogen and oxygen atoms in total. The molecular weight excluding hydrogens is 804 g/mol. The van der Waals surface area contributed by atoms with Crippen molar-refractivity contribution < 1.29 is 8.98 Å². The molecule has 0 fully saturated rings. The molecule has 64 heavy (non-hydrogen) atoms. The number of benzene rings is 9. The van der Waals surface area contributed by atoms with Crippen LogP contribution in [0.4, 0.5) is 0 Å². The predicted molar refractivity (Wildman–Crippen MR) is 263 cm³/mol. The minimum absolute atomic E-state index is 0.472. The molecule has 0 spiro atoms. The van der Waals surface area contributed by atoms with Crippen LogP contribution in [0.25, 0.3) is 94.7 Å². The summed E-state index contributed by atoms with van der Waals surface area (Å²) in [6.45, 7) is 0. The number of aromatic nitrogens is 4. The van der Waals surface area contributed by atoms with Gasteiger partial charge < -0.3 is 13.5 Å². The number of fused-ring (bicyclic) bond motifs is 6. The normalized spacial score (nSPS) is 11.8. The van der Waals surface area contributed by atoms with Crippen LogP contribution in [0.3, 0.4) is 0 Å². The van der Waals surface area contributed by atoms with Crippen LogP contribution in [0.2, 0.25) is 0 Å². The number of hydrogen-bond acceptors (Lipinski definition) is 5. The first kappa shape index (κ1) is 37.6. The summed E-state index contributed by atoms with van der Waals surface area (Å²) >= 11 is 0. The summed E-state index contributed by atoms with van der Waals surface area (Å²) in [6, 6.07) is 75.5. The fourth-order valence-electron chi connectivity index (χ4n) is 9.12. The first-order valence-corrected chi connectivity index (χ1v) is 23.0. The van der Waals surface area contributed by atoms with Crippen molar-refractivity contribution in [2.75, 3.05) is 0 Å². The van der Waals surface area contributed by atoms with Crippen molar-refractivity contribution in [3.05, 3.63) is 224 Å². The second kappa shape index (κ2) is 15.3. The average Bonchev–Trinajstić information content (AvgIpc) is 3.92. The zero-order valence-electron chi connectivity index (χ0n) is 34.4. The van der Waals surface area contributed by atoms with E-state index < -0.39 is 7.14 Å². The molecule has 3 aromatic heterocycles. The first-order chi connectivity index (χ1) is 31.6. The Labute approximate surface area is 369 Å². The molecule has 0 saturated heterocycles. The zero-order chi connectivity index (χ0) is 42.6. The number of hydrogen-bond donors (Lipinski definition) is 0. The van der Waals surface area contributed by atoms with Crippen LogP contribution in [0.1, 0.15) is 0 Å². The molecule has 0 aliphatic rings. The molecule has 9 aromatic carbocycles. The number of nitrogens with zero attached hydrogens (tertiary/aromatic N) is 4. The molecule has 0 unspecified atom stereocenters. The van der Waals surface area contributed by atoms with E-state index in [-0.39, 0.29) is 0 Å². The van der Waals surface area contributed by atoms with Crippen LogP contribution in [0, 0.1) is 0 Å². The van der Waals surface area contributed by atoms with E-state index in [2.05, 4.69) is 95.6 Å². The fraction of sp³-hybridized carbons (Fsp3) is 0. The fourth-order valence-corrected chi connectivity index (χ4v) is 11.8. The topological polar surface area (TPSA) is 73.8 Å². The second-order valence-electron chi connectivity index (χ2n) is 15.9. The van der Waals surface area contributed by atoms with Crippen LogP contribution in [0.5, 0.6) is 0 Å². The van der Waals surface area contributed by atoms with Crippen LogP contribution < -0.4 is 15.9 Å². The SMILES string of the molecule is O=P(c1ccccc1)(c1ccccc1)c1cccc(-c2nc(-c3ccccc3)nc(-c3cc(-c4ccc5c(c4)c4ccccc4n5-c4ccccc4)c4c(c3)oc3ccccc34)n2)c1. The molecule has 0 aliphatic heterocycles. The van der Waals surface area contributed by atoms with Crippen LogP contribution in [-0.4, -0.2) is 19.5 Å². The van der Waals surface area contributed by atoms with Crippen molar-refractivity contribution in [2.24, 2.45) is 0 Å². The maximum atomic E-state index is 15.5. The lowest BCUT2D eigenvalue weighted by Gasteiger charge is -2.20. The minimum atomic E-state index is -3.28. The third-order valence-electron chi connectivity index (χ3n) is 12.1. The van der Waals surface area contributed by atoms with E-state index >= 15 is 4.57 Å². The second-order valence-corrected chi connectivity index (χ2v) is 18.7. The highest BCUT2D eigenvalue weighted by atomic mass is 31.2. The summed E-state index contributed by atoms with van der Waals surface area (Å²) in [5.74, 6) is 1.50. The Bertz CT molecular complexity index is 3710. The van der Waals surface area contributed by atoms with E-state index in [0.717, 1.165) is 82.5 Å². The Hall–Kier alpha value is -8.18. The maximum absolute atomic E-state index is 15.5. The summed E-state index contributed by atoms with van der Waals surface area (Å²) in [5, 5.41) is 6.59. The van der Waals surface area contributed by atoms with Crippen molar-refractivity contribution in [3.8, 4) is 51.0 Å². The molecule has 0 N–H and O–H groups in total. The van der Waals surface area contributed by atoms with Crippen molar-refractivity contribution in [3.63, 3.8) is 0 Å². The van der Waals surface area contributed by atoms with Crippen LogP contribution in [-0.2, 0) is 4.57 Å². The van der Waals surface area contributed by atoms with Crippen LogP contribution in [0.15, 0.2) is 229 Å². The largest absolute Gasteiger partial charge is 0.456 e. The highest BCUT2D eigenvalue weighted by Crippen LogP contribution is 2.44. The summed E-state index contributed by atoms with van der Waals surface area (Å²) in [4.78, 5) is 15.5. The predicted octanol–water partition coefficient (Wildman–Crippen LogP) is 13.2. The molecule has 0 radical (unpaired) electrons. The van der Waals surface area contributed by atoms with E-state index in [1.54, 1.807) is 0 Å². The molecule has 302 valence electrons. The standard InChI is InChI=1S/C57H37N4O2P/c62-64(43-23-9-3-10-24-43,44-25-11-4-12-26-44)45-27-17-20-40(34-45)56-58-55(38-18-5-1-6-19-38)59-57(60-56)41-36-48(54-47-29-14-16-31-52(47)63-53(54)37-41)39-32-33-51-49(35-39)46-28-13-15-30-50(46)61(51)42-21-7-2-8-22-42/h1-37H. The monoisotopic (exact) mass is 840 g/mol. The summed E-state index contributed by atoms with van der Waals surface area (Å²) in [6.07, 6.45) is 0. The Morgan fingerprint density at radius 2 is 0.922 bits per heavy atom. The average molecular weight is 841 g/mol. The maximum Gasteiger partial charge on any atom is 0.171 e. The van der Waals surface area contributed by atoms with E-state index in [9.17, 15) is 0 Å². The molecule has 0 aliphatic carbocycles. The van der Waals surface area contributed by atoms with Gasteiger partial charge in [-0.2, -0.15) is 0 Å². The van der Waals surface area contributed by atoms with Gasteiger partial charge in [0.05, 0.1) is 11.0 Å². The number of rotatable bonds is 8. The van der Waals surface area contributed by atoms with Crippen LogP contribution >= 0.6 is 7.14 Å². The first-order valence-electron chi connectivity index (χ1n) is 21.3. The van der Waals surface area contributed by atoms with E-state index in [4.69, 9.17) is 19.4 Å². The summed E-state index contributed by atoms with van der Waals surface area (Å²) < 4.78 is 24.5. The Morgan fingerprint density at radius 1 is 0.375 bits per heavy atom. The van der Waals surface area contributed by atoms with Gasteiger partial charge in [-0.1, -0.05) is 170 Å². The van der Waals surface area contributed by atoms with Crippen molar-refractivity contribution >= 4 is 66.8 Å². The molecule has 0 saturated carbocycles. The van der Waals surface area contributed by atoms with Gasteiger partial charge in [-0.15, -0.1) is 0 Å².